The van der Waals surface area contributed by atoms with E-state index in [4.69, 9.17) is 5.73 Å². The Balaban J connectivity index is 2.80. The number of nitrogens with two attached hydrogens (primary N) is 1. The van der Waals surface area contributed by atoms with E-state index >= 15 is 0 Å². The van der Waals surface area contributed by atoms with Crippen molar-refractivity contribution in [3.8, 4) is 5.75 Å². The standard InChI is InChI=1S/C14H22N2O2/c1-4-14(2,10-15)13(18)16(3)9-11-7-5-6-8-12(11)17/h5-8,17H,4,9-10,15H2,1-3H3. The van der Waals surface area contributed by atoms with Crippen LogP contribution in [0, 0.1) is 5.41 Å². The highest BCUT2D eigenvalue weighted by Gasteiger charge is 2.32. The Kier molecular flexibility index (Phi) is 4.73. The van der Waals surface area contributed by atoms with Crippen LogP contribution in [0.3, 0.4) is 0 Å². The van der Waals surface area contributed by atoms with Crippen LogP contribution in [0.1, 0.15) is 25.8 Å². The number of phenols is 1. The van der Waals surface area contributed by atoms with Crippen LogP contribution in [0.25, 0.3) is 0 Å². The lowest BCUT2D eigenvalue weighted by Gasteiger charge is -2.30. The van der Waals surface area contributed by atoms with Crippen molar-refractivity contribution >= 4 is 5.91 Å². The van der Waals surface area contributed by atoms with Crippen LogP contribution in [-0.4, -0.2) is 29.5 Å². The minimum Gasteiger partial charge on any atom is -0.508 e. The number of carbonyl (C=O) groups is 1. The Hall–Kier alpha value is -1.55. The van der Waals surface area contributed by atoms with E-state index in [1.54, 1.807) is 24.1 Å². The number of aromatic hydroxyl groups is 1. The summed E-state index contributed by atoms with van der Waals surface area (Å²) in [4.78, 5) is 13.9. The summed E-state index contributed by atoms with van der Waals surface area (Å²) in [6.07, 6.45) is 0.702. The Morgan fingerprint density at radius 2 is 2.06 bits per heavy atom. The van der Waals surface area contributed by atoms with E-state index in [9.17, 15) is 9.90 Å². The maximum Gasteiger partial charge on any atom is 0.229 e. The molecule has 0 fully saturated rings. The minimum atomic E-state index is -0.529. The van der Waals surface area contributed by atoms with Gasteiger partial charge in [-0.2, -0.15) is 0 Å². The molecule has 1 atom stereocenters. The van der Waals surface area contributed by atoms with Crippen LogP contribution in [0.2, 0.25) is 0 Å². The highest BCUT2D eigenvalue weighted by molar-refractivity contribution is 5.82. The second-order valence-corrected chi connectivity index (χ2v) is 4.91. The molecule has 18 heavy (non-hydrogen) atoms. The third kappa shape index (κ3) is 3.01. The monoisotopic (exact) mass is 250 g/mol. The summed E-state index contributed by atoms with van der Waals surface area (Å²) in [5.74, 6) is 0.221. The highest BCUT2D eigenvalue weighted by Crippen LogP contribution is 2.24. The molecule has 0 bridgehead atoms. The topological polar surface area (TPSA) is 66.6 Å². The van der Waals surface area contributed by atoms with Gasteiger partial charge in [-0.3, -0.25) is 4.79 Å². The Bertz CT molecular complexity index is 414. The summed E-state index contributed by atoms with van der Waals surface area (Å²) in [6.45, 7) is 4.55. The van der Waals surface area contributed by atoms with Crippen molar-refractivity contribution in [2.45, 2.75) is 26.8 Å². The van der Waals surface area contributed by atoms with E-state index in [0.29, 0.717) is 19.5 Å². The first-order valence-electron chi connectivity index (χ1n) is 6.17. The fraction of sp³-hybridized carbons (Fsp3) is 0.500. The fourth-order valence-electron chi connectivity index (χ4n) is 1.82. The van der Waals surface area contributed by atoms with Gasteiger partial charge >= 0.3 is 0 Å². The summed E-state index contributed by atoms with van der Waals surface area (Å²) in [5, 5.41) is 9.70. The first-order chi connectivity index (χ1) is 8.44. The smallest absolute Gasteiger partial charge is 0.229 e. The Morgan fingerprint density at radius 3 is 2.56 bits per heavy atom. The number of hydrogen-bond acceptors (Lipinski definition) is 3. The number of nitrogens with zero attached hydrogens (tertiary/aromatic N) is 1. The van der Waals surface area contributed by atoms with E-state index in [2.05, 4.69) is 0 Å². The molecule has 1 aromatic carbocycles. The van der Waals surface area contributed by atoms with E-state index in [1.165, 1.54) is 0 Å². The lowest BCUT2D eigenvalue weighted by atomic mass is 9.86. The van der Waals surface area contributed by atoms with Gasteiger partial charge in [-0.1, -0.05) is 25.1 Å². The molecular formula is C14H22N2O2. The second kappa shape index (κ2) is 5.87. The molecule has 0 heterocycles. The molecule has 0 aliphatic carbocycles. The summed E-state index contributed by atoms with van der Waals surface area (Å²) >= 11 is 0. The number of benzene rings is 1. The third-order valence-corrected chi connectivity index (χ3v) is 3.49. The Labute approximate surface area is 108 Å². The minimum absolute atomic E-state index is 0.00996. The van der Waals surface area contributed by atoms with Crippen molar-refractivity contribution in [1.29, 1.82) is 0 Å². The number of amides is 1. The average Bonchev–Trinajstić information content (AvgIpc) is 2.39. The quantitative estimate of drug-likeness (QED) is 0.836. The summed E-state index contributed by atoms with van der Waals surface area (Å²) < 4.78 is 0. The van der Waals surface area contributed by atoms with Gasteiger partial charge in [0.05, 0.1) is 5.41 Å². The first kappa shape index (κ1) is 14.5. The van der Waals surface area contributed by atoms with Crippen molar-refractivity contribution in [3.63, 3.8) is 0 Å². The molecule has 4 heteroatoms. The highest BCUT2D eigenvalue weighted by atomic mass is 16.3. The van der Waals surface area contributed by atoms with Gasteiger partial charge in [-0.05, 0) is 19.4 Å². The van der Waals surface area contributed by atoms with Gasteiger partial charge in [-0.25, -0.2) is 0 Å². The van der Waals surface area contributed by atoms with Crippen LogP contribution < -0.4 is 5.73 Å². The molecule has 1 aromatic rings. The van der Waals surface area contributed by atoms with Gasteiger partial charge in [0, 0.05) is 25.7 Å². The number of carbonyl (C=O) groups excluding carboxylic acids is 1. The maximum absolute atomic E-state index is 12.3. The molecule has 0 aliphatic heterocycles. The predicted molar refractivity (Wildman–Crippen MR) is 72.0 cm³/mol. The molecule has 0 aromatic heterocycles. The molecule has 0 aliphatic rings. The van der Waals surface area contributed by atoms with Crippen LogP contribution in [-0.2, 0) is 11.3 Å². The van der Waals surface area contributed by atoms with Crippen LogP contribution >= 0.6 is 0 Å². The lowest BCUT2D eigenvalue weighted by molar-refractivity contribution is -0.140. The van der Waals surface area contributed by atoms with Crippen molar-refractivity contribution in [3.05, 3.63) is 29.8 Å². The maximum atomic E-state index is 12.3. The zero-order valence-corrected chi connectivity index (χ0v) is 11.3. The van der Waals surface area contributed by atoms with Gasteiger partial charge in [0.25, 0.3) is 0 Å². The van der Waals surface area contributed by atoms with Gasteiger partial charge < -0.3 is 15.7 Å². The SMILES string of the molecule is CCC(C)(CN)C(=O)N(C)Cc1ccccc1O. The van der Waals surface area contributed by atoms with Crippen LogP contribution in [0.4, 0.5) is 0 Å². The molecule has 100 valence electrons. The molecule has 0 saturated carbocycles. The predicted octanol–water partition coefficient (Wildman–Crippen LogP) is 1.73. The average molecular weight is 250 g/mol. The zero-order valence-electron chi connectivity index (χ0n) is 11.3. The van der Waals surface area contributed by atoms with Crippen molar-refractivity contribution in [1.82, 2.24) is 4.90 Å². The number of phenolic OH excluding ortho intramolecular Hbond substituents is 1. The Morgan fingerprint density at radius 1 is 1.44 bits per heavy atom. The molecule has 1 unspecified atom stereocenters. The van der Waals surface area contributed by atoms with E-state index < -0.39 is 5.41 Å². The van der Waals surface area contributed by atoms with Gasteiger partial charge in [0.1, 0.15) is 5.75 Å². The van der Waals surface area contributed by atoms with Crippen molar-refractivity contribution < 1.29 is 9.90 Å². The molecule has 0 saturated heterocycles. The molecule has 1 amide bonds. The van der Waals surface area contributed by atoms with Gasteiger partial charge in [0.2, 0.25) is 5.91 Å². The number of hydrogen-bond donors (Lipinski definition) is 2. The second-order valence-electron chi connectivity index (χ2n) is 4.91. The molecule has 0 radical (unpaired) electrons. The van der Waals surface area contributed by atoms with Crippen LogP contribution in [0.5, 0.6) is 5.75 Å². The summed E-state index contributed by atoms with van der Waals surface area (Å²) in [7, 11) is 1.73. The fourth-order valence-corrected chi connectivity index (χ4v) is 1.82. The van der Waals surface area contributed by atoms with E-state index in [-0.39, 0.29) is 11.7 Å². The summed E-state index contributed by atoms with van der Waals surface area (Å²) in [5.41, 5.74) is 5.89. The number of rotatable bonds is 5. The first-order valence-corrected chi connectivity index (χ1v) is 6.17. The van der Waals surface area contributed by atoms with E-state index in [1.807, 2.05) is 26.0 Å². The van der Waals surface area contributed by atoms with Crippen LogP contribution in [0.15, 0.2) is 24.3 Å². The molecule has 3 N–H and O–H groups in total. The van der Waals surface area contributed by atoms with Gasteiger partial charge in [-0.15, -0.1) is 0 Å². The van der Waals surface area contributed by atoms with Crippen molar-refractivity contribution in [2.75, 3.05) is 13.6 Å². The molecule has 0 spiro atoms. The molecule has 1 rings (SSSR count). The third-order valence-electron chi connectivity index (χ3n) is 3.49. The zero-order chi connectivity index (χ0) is 13.8. The lowest BCUT2D eigenvalue weighted by Crippen LogP contribution is -2.44. The molecule has 4 nitrogen and oxygen atoms in total. The van der Waals surface area contributed by atoms with Crippen molar-refractivity contribution in [2.24, 2.45) is 11.1 Å². The van der Waals surface area contributed by atoms with E-state index in [0.717, 1.165) is 5.56 Å². The molecular weight excluding hydrogens is 228 g/mol. The van der Waals surface area contributed by atoms with Gasteiger partial charge in [0.15, 0.2) is 0 Å². The summed E-state index contributed by atoms with van der Waals surface area (Å²) in [6, 6.07) is 7.03. The normalized spacial score (nSPS) is 14.0. The largest absolute Gasteiger partial charge is 0.508 e. The number of para-hydroxylation sites is 1.